The van der Waals surface area contributed by atoms with Crippen molar-refractivity contribution in [3.63, 3.8) is 0 Å². The zero-order valence-electron chi connectivity index (χ0n) is 10.9. The van der Waals surface area contributed by atoms with Gasteiger partial charge in [-0.15, -0.1) is 11.6 Å². The van der Waals surface area contributed by atoms with E-state index in [0.29, 0.717) is 12.2 Å². The summed E-state index contributed by atoms with van der Waals surface area (Å²) in [6, 6.07) is 11.4. The van der Waals surface area contributed by atoms with Gasteiger partial charge in [-0.25, -0.2) is 4.98 Å². The van der Waals surface area contributed by atoms with E-state index in [9.17, 15) is 4.79 Å². The molecule has 0 saturated carbocycles. The molecule has 0 aliphatic rings. The smallest absolute Gasteiger partial charge is 0.269 e. The van der Waals surface area contributed by atoms with Crippen LogP contribution < -0.4 is 5.32 Å². The first-order valence-electron chi connectivity index (χ1n) is 6.48. The molecule has 100 valence electrons. The minimum atomic E-state index is -0.174. The van der Waals surface area contributed by atoms with Gasteiger partial charge in [-0.3, -0.25) is 4.79 Å². The Hall–Kier alpha value is -1.61. The molecule has 3 nitrogen and oxygen atoms in total. The summed E-state index contributed by atoms with van der Waals surface area (Å²) in [7, 11) is 0. The number of alkyl halides is 1. The predicted molar refractivity (Wildman–Crippen MR) is 78.6 cm³/mol. The Morgan fingerprint density at radius 2 is 2.11 bits per heavy atom. The number of rotatable bonds is 5. The number of carbonyl (C=O) groups excluding carboxylic acids is 1. The average molecular weight is 277 g/mol. The maximum Gasteiger partial charge on any atom is 0.269 e. The van der Waals surface area contributed by atoms with E-state index in [0.717, 1.165) is 23.7 Å². The number of aromatic nitrogens is 1. The van der Waals surface area contributed by atoms with Crippen LogP contribution in [0.1, 0.15) is 30.3 Å². The van der Waals surface area contributed by atoms with E-state index in [1.807, 2.05) is 30.3 Å². The van der Waals surface area contributed by atoms with Crippen molar-refractivity contribution >= 4 is 28.4 Å². The molecule has 1 atom stereocenters. The number of nitrogens with zero attached hydrogens (tertiary/aromatic N) is 1. The van der Waals surface area contributed by atoms with Crippen molar-refractivity contribution in [3.05, 3.63) is 42.1 Å². The molecule has 19 heavy (non-hydrogen) atoms. The van der Waals surface area contributed by atoms with Crippen LogP contribution in [0.5, 0.6) is 0 Å². The van der Waals surface area contributed by atoms with Crippen LogP contribution in [0.2, 0.25) is 0 Å². The Morgan fingerprint density at radius 1 is 1.32 bits per heavy atom. The molecule has 1 aromatic carbocycles. The van der Waals surface area contributed by atoms with E-state index in [1.165, 1.54) is 0 Å². The summed E-state index contributed by atoms with van der Waals surface area (Å²) in [5.74, 6) is -0.174. The predicted octanol–water partition coefficient (Wildman–Crippen LogP) is 3.37. The molecule has 0 spiro atoms. The second kappa shape index (κ2) is 6.53. The molecular formula is C15H17ClN2O. The van der Waals surface area contributed by atoms with Gasteiger partial charge in [0.15, 0.2) is 0 Å². The number of pyridine rings is 1. The molecule has 1 aromatic heterocycles. The largest absolute Gasteiger partial charge is 0.349 e. The van der Waals surface area contributed by atoms with Gasteiger partial charge in [0, 0.05) is 11.9 Å². The molecular weight excluding hydrogens is 260 g/mol. The first-order chi connectivity index (χ1) is 9.20. The topological polar surface area (TPSA) is 42.0 Å². The van der Waals surface area contributed by atoms with Crippen LogP contribution in [0.4, 0.5) is 0 Å². The summed E-state index contributed by atoms with van der Waals surface area (Å²) < 4.78 is 0. The summed E-state index contributed by atoms with van der Waals surface area (Å²) in [5, 5.41) is 3.82. The average Bonchev–Trinajstić information content (AvgIpc) is 2.44. The van der Waals surface area contributed by atoms with E-state index in [4.69, 9.17) is 11.6 Å². The van der Waals surface area contributed by atoms with Crippen molar-refractivity contribution < 1.29 is 4.79 Å². The fourth-order valence-corrected chi connectivity index (χ4v) is 2.20. The monoisotopic (exact) mass is 276 g/mol. The van der Waals surface area contributed by atoms with Crippen LogP contribution >= 0.6 is 11.6 Å². The second-order valence-corrected chi connectivity index (χ2v) is 5.10. The minimum absolute atomic E-state index is 0.0191. The Morgan fingerprint density at radius 3 is 2.89 bits per heavy atom. The van der Waals surface area contributed by atoms with Crippen molar-refractivity contribution in [2.45, 2.75) is 25.1 Å². The lowest BCUT2D eigenvalue weighted by Crippen LogP contribution is -2.30. The molecule has 0 fully saturated rings. The number of fused-ring (bicyclic) bond motifs is 1. The molecule has 0 aliphatic carbocycles. The zero-order valence-corrected chi connectivity index (χ0v) is 11.7. The van der Waals surface area contributed by atoms with E-state index in [1.54, 1.807) is 6.07 Å². The van der Waals surface area contributed by atoms with Gasteiger partial charge >= 0.3 is 0 Å². The number of nitrogens with one attached hydrogen (secondary N) is 1. The van der Waals surface area contributed by atoms with Gasteiger partial charge in [0.05, 0.1) is 10.9 Å². The maximum absolute atomic E-state index is 12.0. The van der Waals surface area contributed by atoms with Gasteiger partial charge in [0.25, 0.3) is 5.91 Å². The van der Waals surface area contributed by atoms with Crippen molar-refractivity contribution in [1.82, 2.24) is 10.3 Å². The summed E-state index contributed by atoms with van der Waals surface area (Å²) in [6.07, 6.45) is 1.91. The zero-order chi connectivity index (χ0) is 13.7. The number of para-hydroxylation sites is 1. The van der Waals surface area contributed by atoms with Crippen LogP contribution in [-0.4, -0.2) is 22.8 Å². The number of carbonyl (C=O) groups is 1. The highest BCUT2D eigenvalue weighted by molar-refractivity contribution is 6.20. The Bertz CT molecular complexity index is 571. The normalized spacial score (nSPS) is 12.3. The van der Waals surface area contributed by atoms with Gasteiger partial charge in [0.1, 0.15) is 5.69 Å². The maximum atomic E-state index is 12.0. The van der Waals surface area contributed by atoms with E-state index in [-0.39, 0.29) is 11.3 Å². The van der Waals surface area contributed by atoms with Crippen molar-refractivity contribution in [1.29, 1.82) is 0 Å². The number of amides is 1. The van der Waals surface area contributed by atoms with Crippen LogP contribution in [0, 0.1) is 0 Å². The van der Waals surface area contributed by atoms with Gasteiger partial charge < -0.3 is 5.32 Å². The Labute approximate surface area is 118 Å². The Balaban J connectivity index is 2.05. The second-order valence-electron chi connectivity index (χ2n) is 4.49. The quantitative estimate of drug-likeness (QED) is 0.851. The SMILES string of the molecule is CCCC(Cl)CNC(=O)c1ccc2ccccc2n1. The molecule has 1 unspecified atom stereocenters. The Kier molecular flexibility index (Phi) is 4.74. The summed E-state index contributed by atoms with van der Waals surface area (Å²) in [5.41, 5.74) is 1.25. The highest BCUT2D eigenvalue weighted by atomic mass is 35.5. The molecule has 1 heterocycles. The molecule has 0 aliphatic heterocycles. The molecule has 2 aromatic rings. The summed E-state index contributed by atoms with van der Waals surface area (Å²) in [4.78, 5) is 16.3. The molecule has 4 heteroatoms. The molecule has 1 amide bonds. The third-order valence-corrected chi connectivity index (χ3v) is 3.29. The number of halogens is 1. The highest BCUT2D eigenvalue weighted by Gasteiger charge is 2.10. The van der Waals surface area contributed by atoms with Crippen molar-refractivity contribution in [2.24, 2.45) is 0 Å². The fourth-order valence-electron chi connectivity index (χ4n) is 1.90. The van der Waals surface area contributed by atoms with Gasteiger partial charge in [-0.2, -0.15) is 0 Å². The molecule has 2 rings (SSSR count). The fraction of sp³-hybridized carbons (Fsp3) is 0.333. The standard InChI is InChI=1S/C15H17ClN2O/c1-2-5-12(16)10-17-15(19)14-9-8-11-6-3-4-7-13(11)18-14/h3-4,6-9,12H,2,5,10H2,1H3,(H,17,19). The highest BCUT2D eigenvalue weighted by Crippen LogP contribution is 2.11. The molecule has 0 saturated heterocycles. The molecule has 0 radical (unpaired) electrons. The van der Waals surface area contributed by atoms with Crippen LogP contribution in [-0.2, 0) is 0 Å². The number of hydrogen-bond donors (Lipinski definition) is 1. The van der Waals surface area contributed by atoms with E-state index in [2.05, 4.69) is 17.2 Å². The number of benzene rings is 1. The van der Waals surface area contributed by atoms with Crippen LogP contribution in [0.3, 0.4) is 0 Å². The van der Waals surface area contributed by atoms with Crippen molar-refractivity contribution in [3.8, 4) is 0 Å². The number of hydrogen-bond acceptors (Lipinski definition) is 2. The van der Waals surface area contributed by atoms with Crippen LogP contribution in [0.15, 0.2) is 36.4 Å². The van der Waals surface area contributed by atoms with Crippen LogP contribution in [0.25, 0.3) is 10.9 Å². The minimum Gasteiger partial charge on any atom is -0.349 e. The molecule has 0 bridgehead atoms. The lowest BCUT2D eigenvalue weighted by molar-refractivity contribution is 0.0948. The summed E-state index contributed by atoms with van der Waals surface area (Å²) in [6.45, 7) is 2.55. The molecule has 1 N–H and O–H groups in total. The van der Waals surface area contributed by atoms with Crippen molar-refractivity contribution in [2.75, 3.05) is 6.54 Å². The van der Waals surface area contributed by atoms with Gasteiger partial charge in [0.2, 0.25) is 0 Å². The lowest BCUT2D eigenvalue weighted by Gasteiger charge is -2.09. The third-order valence-electron chi connectivity index (χ3n) is 2.92. The van der Waals surface area contributed by atoms with Gasteiger partial charge in [-0.1, -0.05) is 37.6 Å². The summed E-state index contributed by atoms with van der Waals surface area (Å²) >= 11 is 6.07. The third kappa shape index (κ3) is 3.67. The van der Waals surface area contributed by atoms with E-state index < -0.39 is 0 Å². The van der Waals surface area contributed by atoms with E-state index >= 15 is 0 Å². The lowest BCUT2D eigenvalue weighted by atomic mass is 10.2. The first-order valence-corrected chi connectivity index (χ1v) is 6.92. The van der Waals surface area contributed by atoms with Gasteiger partial charge in [-0.05, 0) is 18.6 Å². The first kappa shape index (κ1) is 13.8.